The standard InChI is InChI=1S/C26H27FN5O6P/c1-31(2)8-4-5-25(33)30-20-9-18(10-21(13-20)37-3)19-11-22-23(17-6-7-28-24(27)12-17)15-32(26(22)29-14-19)16-38-39(34,35)36/h4-7,9-15H,8,16H2,1-3H3,(H,30,33)(H2,34,35,36)/b5-4+. The lowest BCUT2D eigenvalue weighted by Crippen LogP contribution is -2.13. The van der Waals surface area contributed by atoms with Crippen LogP contribution in [0.15, 0.2) is 67.1 Å². The summed E-state index contributed by atoms with van der Waals surface area (Å²) < 4.78 is 36.8. The second kappa shape index (κ2) is 11.9. The molecule has 0 aliphatic carbocycles. The number of rotatable bonds is 10. The first-order valence-corrected chi connectivity index (χ1v) is 13.2. The molecule has 0 saturated heterocycles. The number of phosphoric ester groups is 1. The first-order valence-electron chi connectivity index (χ1n) is 11.6. The SMILES string of the molecule is COc1cc(NC(=O)/C=C/CN(C)C)cc(-c2cnc3c(c2)c(-c2ccnc(F)c2)cn3COP(=O)(O)O)c1. The predicted octanol–water partition coefficient (Wildman–Crippen LogP) is 4.04. The van der Waals surface area contributed by atoms with Gasteiger partial charge in [0.2, 0.25) is 11.9 Å². The molecule has 39 heavy (non-hydrogen) atoms. The molecule has 204 valence electrons. The fourth-order valence-electron chi connectivity index (χ4n) is 3.88. The molecule has 0 fully saturated rings. The average molecular weight is 556 g/mol. The van der Waals surface area contributed by atoms with E-state index < -0.39 is 20.5 Å². The number of aromatic nitrogens is 3. The number of hydrogen-bond acceptors (Lipinski definition) is 7. The van der Waals surface area contributed by atoms with Gasteiger partial charge in [-0.05, 0) is 49.5 Å². The molecule has 1 amide bonds. The van der Waals surface area contributed by atoms with Crippen molar-refractivity contribution in [3.63, 3.8) is 0 Å². The Morgan fingerprint density at radius 2 is 1.95 bits per heavy atom. The molecule has 0 radical (unpaired) electrons. The largest absolute Gasteiger partial charge is 0.497 e. The minimum absolute atomic E-state index is 0.297. The van der Waals surface area contributed by atoms with Gasteiger partial charge in [0.05, 0.1) is 7.11 Å². The molecule has 0 unspecified atom stereocenters. The van der Waals surface area contributed by atoms with Gasteiger partial charge in [-0.3, -0.25) is 9.32 Å². The molecule has 3 heterocycles. The third-order valence-electron chi connectivity index (χ3n) is 5.60. The fraction of sp³-hybridized carbons (Fsp3) is 0.192. The number of carbonyl (C=O) groups excluding carboxylic acids is 1. The molecule has 0 bridgehead atoms. The zero-order valence-electron chi connectivity index (χ0n) is 21.4. The lowest BCUT2D eigenvalue weighted by molar-refractivity contribution is -0.111. The normalized spacial score (nSPS) is 12.0. The van der Waals surface area contributed by atoms with Crippen LogP contribution in [0.25, 0.3) is 33.3 Å². The quantitative estimate of drug-likeness (QED) is 0.150. The Balaban J connectivity index is 1.76. The third-order valence-corrected chi connectivity index (χ3v) is 6.05. The zero-order chi connectivity index (χ0) is 28.2. The predicted molar refractivity (Wildman–Crippen MR) is 144 cm³/mol. The second-order valence-corrected chi connectivity index (χ2v) is 10.1. The van der Waals surface area contributed by atoms with Gasteiger partial charge in [0.15, 0.2) is 0 Å². The second-order valence-electron chi connectivity index (χ2n) is 8.83. The van der Waals surface area contributed by atoms with Crippen molar-refractivity contribution in [1.29, 1.82) is 0 Å². The van der Waals surface area contributed by atoms with Crippen molar-refractivity contribution in [2.75, 3.05) is 33.1 Å². The molecule has 0 spiro atoms. The van der Waals surface area contributed by atoms with Gasteiger partial charge < -0.3 is 29.3 Å². The molecule has 13 heteroatoms. The van der Waals surface area contributed by atoms with Crippen LogP contribution in [0.3, 0.4) is 0 Å². The Kier molecular flexibility index (Phi) is 8.54. The number of hydrogen-bond donors (Lipinski definition) is 3. The molecule has 0 atom stereocenters. The van der Waals surface area contributed by atoms with E-state index in [0.717, 1.165) is 0 Å². The minimum atomic E-state index is -4.75. The molecule has 0 saturated carbocycles. The average Bonchev–Trinajstić information content (AvgIpc) is 3.24. The van der Waals surface area contributed by atoms with E-state index in [1.165, 1.54) is 30.0 Å². The van der Waals surface area contributed by atoms with Crippen LogP contribution in [-0.4, -0.2) is 62.9 Å². The summed E-state index contributed by atoms with van der Waals surface area (Å²) in [5.41, 5.74) is 3.25. The minimum Gasteiger partial charge on any atom is -0.497 e. The number of fused-ring (bicyclic) bond motifs is 1. The molecule has 1 aromatic carbocycles. The Morgan fingerprint density at radius 1 is 1.15 bits per heavy atom. The Hall–Kier alpha value is -3.93. The summed E-state index contributed by atoms with van der Waals surface area (Å²) in [6, 6.07) is 9.90. The summed E-state index contributed by atoms with van der Waals surface area (Å²) >= 11 is 0. The topological polar surface area (TPSA) is 139 Å². The summed E-state index contributed by atoms with van der Waals surface area (Å²) in [6.45, 7) is 0.141. The van der Waals surface area contributed by atoms with Gasteiger partial charge in [0.1, 0.15) is 18.1 Å². The third kappa shape index (κ3) is 7.34. The number of likely N-dealkylation sites (N-methyl/N-ethyl adjacent to an activating group) is 1. The van der Waals surface area contributed by atoms with Crippen molar-refractivity contribution >= 4 is 30.5 Å². The van der Waals surface area contributed by atoms with Gasteiger partial charge in [-0.1, -0.05) is 6.08 Å². The van der Waals surface area contributed by atoms with Gasteiger partial charge in [0, 0.05) is 65.5 Å². The molecule has 3 N–H and O–H groups in total. The summed E-state index contributed by atoms with van der Waals surface area (Å²) in [6.07, 6.45) is 7.67. The van der Waals surface area contributed by atoms with Crippen LogP contribution in [0.1, 0.15) is 0 Å². The molecule has 0 aliphatic heterocycles. The van der Waals surface area contributed by atoms with Crippen LogP contribution in [0, 0.1) is 5.95 Å². The van der Waals surface area contributed by atoms with E-state index in [1.54, 1.807) is 48.8 Å². The van der Waals surface area contributed by atoms with Gasteiger partial charge >= 0.3 is 7.82 Å². The van der Waals surface area contributed by atoms with Gasteiger partial charge in [-0.15, -0.1) is 0 Å². The summed E-state index contributed by atoms with van der Waals surface area (Å²) in [5, 5.41) is 3.40. The number of anilines is 1. The molecular weight excluding hydrogens is 528 g/mol. The number of benzene rings is 1. The van der Waals surface area contributed by atoms with E-state index in [-0.39, 0.29) is 5.91 Å². The Morgan fingerprint density at radius 3 is 2.64 bits per heavy atom. The monoisotopic (exact) mass is 555 g/mol. The zero-order valence-corrected chi connectivity index (χ0v) is 22.3. The summed E-state index contributed by atoms with van der Waals surface area (Å²) in [7, 11) is 0.564. The van der Waals surface area contributed by atoms with Crippen molar-refractivity contribution in [3.8, 4) is 28.0 Å². The number of carbonyl (C=O) groups is 1. The molecular formula is C26H27FN5O6P. The van der Waals surface area contributed by atoms with Gasteiger partial charge in [-0.25, -0.2) is 14.5 Å². The maximum Gasteiger partial charge on any atom is 0.471 e. The number of phosphoric acid groups is 1. The van der Waals surface area contributed by atoms with Crippen molar-refractivity contribution in [2.45, 2.75) is 6.73 Å². The number of nitrogens with one attached hydrogen (secondary N) is 1. The number of halogens is 1. The fourth-order valence-corrected chi connectivity index (χ4v) is 4.15. The number of nitrogens with zero attached hydrogens (tertiary/aromatic N) is 4. The lowest BCUT2D eigenvalue weighted by Gasteiger charge is -2.11. The maximum absolute atomic E-state index is 13.9. The number of amides is 1. The van der Waals surface area contributed by atoms with Crippen molar-refractivity contribution < 1.29 is 32.8 Å². The van der Waals surface area contributed by atoms with E-state index in [1.807, 2.05) is 19.0 Å². The molecule has 0 aliphatic rings. The van der Waals surface area contributed by atoms with Gasteiger partial charge in [-0.2, -0.15) is 4.39 Å². The van der Waals surface area contributed by atoms with Crippen LogP contribution in [0.2, 0.25) is 0 Å². The molecule has 11 nitrogen and oxygen atoms in total. The van der Waals surface area contributed by atoms with Crippen LogP contribution in [0.4, 0.5) is 10.1 Å². The van der Waals surface area contributed by atoms with E-state index in [4.69, 9.17) is 14.5 Å². The van der Waals surface area contributed by atoms with Crippen LogP contribution < -0.4 is 10.1 Å². The smallest absolute Gasteiger partial charge is 0.471 e. The highest BCUT2D eigenvalue weighted by Crippen LogP contribution is 2.38. The van der Waals surface area contributed by atoms with Crippen LogP contribution in [0.5, 0.6) is 5.75 Å². The van der Waals surface area contributed by atoms with E-state index in [0.29, 0.717) is 51.3 Å². The molecule has 3 aromatic heterocycles. The van der Waals surface area contributed by atoms with E-state index >= 15 is 0 Å². The first kappa shape index (κ1) is 28.1. The van der Waals surface area contributed by atoms with Crippen molar-refractivity contribution in [3.05, 3.63) is 73.1 Å². The van der Waals surface area contributed by atoms with Crippen LogP contribution >= 0.6 is 7.82 Å². The molecule has 4 aromatic rings. The van der Waals surface area contributed by atoms with Crippen molar-refractivity contribution in [1.82, 2.24) is 19.4 Å². The Bertz CT molecular complexity index is 1580. The summed E-state index contributed by atoms with van der Waals surface area (Å²) in [5.74, 6) is -0.477. The number of ether oxygens (including phenoxy) is 1. The number of pyridine rings is 2. The maximum atomic E-state index is 13.9. The van der Waals surface area contributed by atoms with E-state index in [9.17, 15) is 13.8 Å². The van der Waals surface area contributed by atoms with Crippen LogP contribution in [-0.2, 0) is 20.6 Å². The molecule has 4 rings (SSSR count). The van der Waals surface area contributed by atoms with Gasteiger partial charge in [0.25, 0.3) is 0 Å². The number of methoxy groups -OCH3 is 1. The highest BCUT2D eigenvalue weighted by molar-refractivity contribution is 7.46. The van der Waals surface area contributed by atoms with Crippen molar-refractivity contribution in [2.24, 2.45) is 0 Å². The highest BCUT2D eigenvalue weighted by atomic mass is 31.2. The Labute approximate surface area is 223 Å². The lowest BCUT2D eigenvalue weighted by atomic mass is 10.0. The van der Waals surface area contributed by atoms with E-state index in [2.05, 4.69) is 19.8 Å². The first-order chi connectivity index (χ1) is 18.5. The highest BCUT2D eigenvalue weighted by Gasteiger charge is 2.18. The summed E-state index contributed by atoms with van der Waals surface area (Å²) in [4.78, 5) is 40.8.